The number of para-hydroxylation sites is 1. The maximum Gasteiger partial charge on any atom is 0.269 e. The Kier molecular flexibility index (Phi) is 7.70. The molecule has 0 aliphatic heterocycles. The first-order valence-corrected chi connectivity index (χ1v) is 13.5. The monoisotopic (exact) mass is 581 g/mol. The predicted molar refractivity (Wildman–Crippen MR) is 164 cm³/mol. The van der Waals surface area contributed by atoms with Crippen LogP contribution in [0.2, 0.25) is 0 Å². The lowest BCUT2D eigenvalue weighted by molar-refractivity contribution is -0.384. The molecule has 2 heterocycles. The van der Waals surface area contributed by atoms with Crippen molar-refractivity contribution in [2.24, 2.45) is 0 Å². The van der Waals surface area contributed by atoms with Gasteiger partial charge in [-0.05, 0) is 53.6 Å². The van der Waals surface area contributed by atoms with Gasteiger partial charge in [0.2, 0.25) is 0 Å². The van der Waals surface area contributed by atoms with Gasteiger partial charge in [0, 0.05) is 18.2 Å². The highest BCUT2D eigenvalue weighted by atomic mass is 16.6. The van der Waals surface area contributed by atoms with Gasteiger partial charge in [-0.15, -0.1) is 5.10 Å². The summed E-state index contributed by atoms with van der Waals surface area (Å²) in [6.07, 6.45) is 5.36. The van der Waals surface area contributed by atoms with E-state index < -0.39 is 4.92 Å². The molecule has 0 amide bonds. The third-order valence-electron chi connectivity index (χ3n) is 6.81. The SMILES string of the molecule is N#Cc1ccc(/C=C/c2nc3ccccc3c(=O)n2-c2cccc(OCc3cn(Cc4ccc([N+](=O)[O-])cc4)nn3)c2)cc1. The van der Waals surface area contributed by atoms with Crippen LogP contribution >= 0.6 is 0 Å². The van der Waals surface area contributed by atoms with Crippen molar-refractivity contribution in [2.45, 2.75) is 13.2 Å². The minimum atomic E-state index is -0.439. The summed E-state index contributed by atoms with van der Waals surface area (Å²) in [5, 5.41) is 28.7. The summed E-state index contributed by atoms with van der Waals surface area (Å²) in [5.74, 6) is 0.957. The Morgan fingerprint density at radius 3 is 2.52 bits per heavy atom. The molecule has 0 saturated carbocycles. The minimum Gasteiger partial charge on any atom is -0.487 e. The molecule has 0 atom stereocenters. The van der Waals surface area contributed by atoms with Crippen molar-refractivity contribution in [2.75, 3.05) is 0 Å². The molecule has 0 unspecified atom stereocenters. The van der Waals surface area contributed by atoms with E-state index in [-0.39, 0.29) is 17.9 Å². The highest BCUT2D eigenvalue weighted by Crippen LogP contribution is 2.21. The maximum atomic E-state index is 13.7. The number of hydrogen-bond acceptors (Lipinski definition) is 8. The van der Waals surface area contributed by atoms with Crippen LogP contribution in [-0.2, 0) is 13.2 Å². The number of non-ortho nitro benzene ring substituents is 1. The molecule has 0 radical (unpaired) electrons. The first-order valence-electron chi connectivity index (χ1n) is 13.5. The third kappa shape index (κ3) is 6.09. The molecule has 0 N–H and O–H groups in total. The van der Waals surface area contributed by atoms with Gasteiger partial charge in [-0.3, -0.25) is 19.5 Å². The standard InChI is InChI=1S/C33H23N7O4/c34-19-24-10-8-23(9-11-24)14-17-32-35-31-7-2-1-6-30(31)33(41)39(32)28-4-3-5-29(18-28)44-22-26-21-38(37-36-26)20-25-12-15-27(16-13-25)40(42)43/h1-18,21H,20,22H2/b17-14+. The minimum absolute atomic E-state index is 0.0276. The topological polar surface area (TPSA) is 142 Å². The molecule has 11 heteroatoms. The van der Waals surface area contributed by atoms with Crippen molar-refractivity contribution in [1.82, 2.24) is 24.5 Å². The summed E-state index contributed by atoms with van der Waals surface area (Å²) in [5.41, 5.74) is 3.82. The van der Waals surface area contributed by atoms with Crippen LogP contribution in [0.5, 0.6) is 5.75 Å². The number of hydrogen-bond donors (Lipinski definition) is 0. The van der Waals surface area contributed by atoms with Crippen LogP contribution in [0.3, 0.4) is 0 Å². The van der Waals surface area contributed by atoms with E-state index >= 15 is 0 Å². The lowest BCUT2D eigenvalue weighted by atomic mass is 10.1. The van der Waals surface area contributed by atoms with Crippen LogP contribution in [-0.4, -0.2) is 29.5 Å². The number of nitro benzene ring substituents is 1. The Hall–Kier alpha value is -6.41. The Balaban J connectivity index is 1.24. The number of benzene rings is 4. The van der Waals surface area contributed by atoms with E-state index in [0.29, 0.717) is 46.0 Å². The van der Waals surface area contributed by atoms with Gasteiger partial charge in [-0.25, -0.2) is 9.67 Å². The lowest BCUT2D eigenvalue weighted by Gasteiger charge is -2.13. The van der Waals surface area contributed by atoms with Gasteiger partial charge in [0.05, 0.1) is 45.9 Å². The Morgan fingerprint density at radius 2 is 1.75 bits per heavy atom. The van der Waals surface area contributed by atoms with Crippen molar-refractivity contribution in [3.63, 3.8) is 0 Å². The van der Waals surface area contributed by atoms with Gasteiger partial charge in [0.25, 0.3) is 11.2 Å². The van der Waals surface area contributed by atoms with Gasteiger partial charge in [-0.1, -0.05) is 53.8 Å². The maximum absolute atomic E-state index is 13.7. The van der Waals surface area contributed by atoms with Crippen molar-refractivity contribution >= 4 is 28.7 Å². The zero-order valence-electron chi connectivity index (χ0n) is 23.1. The molecule has 0 aliphatic rings. The van der Waals surface area contributed by atoms with Crippen LogP contribution in [0.15, 0.2) is 108 Å². The normalized spacial score (nSPS) is 11.1. The van der Waals surface area contributed by atoms with E-state index in [2.05, 4.69) is 16.4 Å². The summed E-state index contributed by atoms with van der Waals surface area (Å²) in [7, 11) is 0. The number of aromatic nitrogens is 5. The van der Waals surface area contributed by atoms with E-state index in [1.807, 2.05) is 30.3 Å². The molecule has 0 bridgehead atoms. The van der Waals surface area contributed by atoms with Crippen molar-refractivity contribution in [1.29, 1.82) is 5.26 Å². The van der Waals surface area contributed by atoms with E-state index in [4.69, 9.17) is 15.0 Å². The number of nitro groups is 1. The van der Waals surface area contributed by atoms with Crippen molar-refractivity contribution in [3.8, 4) is 17.5 Å². The fourth-order valence-electron chi connectivity index (χ4n) is 4.61. The molecule has 0 saturated heterocycles. The van der Waals surface area contributed by atoms with Gasteiger partial charge in [-0.2, -0.15) is 5.26 Å². The highest BCUT2D eigenvalue weighted by Gasteiger charge is 2.13. The number of nitrogens with zero attached hydrogens (tertiary/aromatic N) is 7. The largest absolute Gasteiger partial charge is 0.487 e. The summed E-state index contributed by atoms with van der Waals surface area (Å²) < 4.78 is 9.17. The second-order valence-electron chi connectivity index (χ2n) is 9.81. The van der Waals surface area contributed by atoms with Gasteiger partial charge in [0.1, 0.15) is 23.9 Å². The van der Waals surface area contributed by atoms with Crippen molar-refractivity contribution in [3.05, 3.63) is 152 Å². The van der Waals surface area contributed by atoms with Crippen LogP contribution in [0.1, 0.15) is 28.2 Å². The molecule has 6 aromatic rings. The Labute approximate surface area is 250 Å². The zero-order chi connectivity index (χ0) is 30.5. The average Bonchev–Trinajstić information content (AvgIpc) is 3.50. The van der Waals surface area contributed by atoms with E-state index in [1.54, 1.807) is 77.6 Å². The lowest BCUT2D eigenvalue weighted by Crippen LogP contribution is -2.22. The number of ether oxygens (including phenoxy) is 1. The molecule has 214 valence electrons. The predicted octanol–water partition coefficient (Wildman–Crippen LogP) is 5.55. The summed E-state index contributed by atoms with van der Waals surface area (Å²) in [6.45, 7) is 0.539. The molecular weight excluding hydrogens is 558 g/mol. The zero-order valence-corrected chi connectivity index (χ0v) is 23.1. The first-order chi connectivity index (χ1) is 21.5. The molecule has 4 aromatic carbocycles. The van der Waals surface area contributed by atoms with E-state index in [0.717, 1.165) is 11.1 Å². The fraction of sp³-hybridized carbons (Fsp3) is 0.0606. The molecule has 6 rings (SSSR count). The molecule has 0 fully saturated rings. The van der Waals surface area contributed by atoms with Crippen LogP contribution in [0.25, 0.3) is 28.7 Å². The van der Waals surface area contributed by atoms with Crippen LogP contribution in [0.4, 0.5) is 5.69 Å². The van der Waals surface area contributed by atoms with E-state index in [1.165, 1.54) is 16.7 Å². The molecule has 44 heavy (non-hydrogen) atoms. The fourth-order valence-corrected chi connectivity index (χ4v) is 4.61. The third-order valence-corrected chi connectivity index (χ3v) is 6.81. The molecule has 11 nitrogen and oxygen atoms in total. The summed E-state index contributed by atoms with van der Waals surface area (Å²) >= 11 is 0. The van der Waals surface area contributed by atoms with Gasteiger partial charge < -0.3 is 4.74 Å². The molecule has 0 spiro atoms. The molecular formula is C33H23N7O4. The van der Waals surface area contributed by atoms with Gasteiger partial charge in [0.15, 0.2) is 0 Å². The quantitative estimate of drug-likeness (QED) is 0.160. The second-order valence-corrected chi connectivity index (χ2v) is 9.81. The van der Waals surface area contributed by atoms with Gasteiger partial charge >= 0.3 is 0 Å². The number of rotatable bonds is 9. The van der Waals surface area contributed by atoms with Crippen LogP contribution in [0, 0.1) is 21.4 Å². The molecule has 2 aromatic heterocycles. The Morgan fingerprint density at radius 1 is 0.955 bits per heavy atom. The second kappa shape index (κ2) is 12.2. The van der Waals surface area contributed by atoms with Crippen LogP contribution < -0.4 is 10.3 Å². The first kappa shape index (κ1) is 27.7. The smallest absolute Gasteiger partial charge is 0.269 e. The summed E-state index contributed by atoms with van der Waals surface area (Å²) in [6, 6.07) is 29.8. The number of fused-ring (bicyclic) bond motifs is 1. The number of nitriles is 1. The Bertz CT molecular complexity index is 2110. The van der Waals surface area contributed by atoms with Crippen molar-refractivity contribution < 1.29 is 9.66 Å². The summed E-state index contributed by atoms with van der Waals surface area (Å²) in [4.78, 5) is 28.9. The molecule has 0 aliphatic carbocycles. The average molecular weight is 582 g/mol. The highest BCUT2D eigenvalue weighted by molar-refractivity contribution is 5.80. The van der Waals surface area contributed by atoms with E-state index in [9.17, 15) is 14.9 Å².